The van der Waals surface area contributed by atoms with Crippen molar-refractivity contribution in [1.82, 2.24) is 14.1 Å². The van der Waals surface area contributed by atoms with Crippen LogP contribution in [-0.2, 0) is 12.1 Å². The zero-order valence-electron chi connectivity index (χ0n) is 21.5. The third kappa shape index (κ3) is 5.66. The maximum atomic E-state index is 10.0. The fourth-order valence-electron chi connectivity index (χ4n) is 4.84. The van der Waals surface area contributed by atoms with Crippen molar-refractivity contribution in [2.45, 2.75) is 69.0 Å². The molecule has 0 saturated heterocycles. The zero-order valence-corrected chi connectivity index (χ0v) is 22.3. The van der Waals surface area contributed by atoms with E-state index in [2.05, 4.69) is 71.5 Å². The summed E-state index contributed by atoms with van der Waals surface area (Å²) >= 11 is 1.73. The molecule has 0 unspecified atom stereocenters. The van der Waals surface area contributed by atoms with E-state index in [4.69, 9.17) is 14.6 Å². The quantitative estimate of drug-likeness (QED) is 0.401. The molecule has 1 saturated carbocycles. The first-order valence-electron chi connectivity index (χ1n) is 12.7. The van der Waals surface area contributed by atoms with Gasteiger partial charge in [-0.25, -0.2) is 8.99 Å². The van der Waals surface area contributed by atoms with Crippen LogP contribution in [-0.4, -0.2) is 45.6 Å². The summed E-state index contributed by atoms with van der Waals surface area (Å²) < 4.78 is 15.8. The number of fused-ring (bicyclic) bond motifs is 1. The highest BCUT2D eigenvalue weighted by atomic mass is 32.2. The number of nitrogens with one attached hydrogen (secondary N) is 1. The maximum absolute atomic E-state index is 10.0. The topological polar surface area (TPSA) is 71.8 Å². The van der Waals surface area contributed by atoms with Crippen LogP contribution in [0.5, 0.6) is 11.5 Å². The Hall–Kier alpha value is -2.68. The first-order chi connectivity index (χ1) is 17.3. The van der Waals surface area contributed by atoms with Crippen LogP contribution in [0.25, 0.3) is 0 Å². The number of nitrogens with zero attached hydrogens (tertiary/aromatic N) is 3. The van der Waals surface area contributed by atoms with E-state index in [1.165, 1.54) is 5.56 Å². The Bertz CT molecular complexity index is 1190. The first-order valence-corrected chi connectivity index (χ1v) is 13.4. The summed E-state index contributed by atoms with van der Waals surface area (Å²) in [6.07, 6.45) is 2.41. The molecule has 1 aliphatic carbocycles. The predicted molar refractivity (Wildman–Crippen MR) is 144 cm³/mol. The number of hydrogen-bond donors (Lipinski definition) is 2. The monoisotopic (exact) mass is 508 g/mol. The van der Waals surface area contributed by atoms with Gasteiger partial charge in [0.15, 0.2) is 0 Å². The van der Waals surface area contributed by atoms with Gasteiger partial charge in [0.25, 0.3) is 0 Å². The number of ether oxygens (including phenoxy) is 2. The summed E-state index contributed by atoms with van der Waals surface area (Å²) in [7, 11) is 1.69. The van der Waals surface area contributed by atoms with Gasteiger partial charge in [-0.05, 0) is 81.8 Å². The number of methoxy groups -OCH3 is 1. The van der Waals surface area contributed by atoms with E-state index in [9.17, 15) is 5.11 Å². The fourth-order valence-corrected chi connectivity index (χ4v) is 5.83. The lowest BCUT2D eigenvalue weighted by Crippen LogP contribution is -2.24. The van der Waals surface area contributed by atoms with Crippen LogP contribution >= 0.6 is 11.9 Å². The molecule has 1 aromatic heterocycles. The lowest BCUT2D eigenvalue weighted by Gasteiger charge is -2.23. The van der Waals surface area contributed by atoms with Crippen molar-refractivity contribution in [2.24, 2.45) is 0 Å². The molecule has 1 aliphatic heterocycles. The SMILES string of the molecule is COc1ccc(CN2CCOc3cc(Nc4cc([C@H]5CC[C@@H](O)C5)nn4C(C)(C)C)ccc3S2)cc1. The molecule has 2 N–H and O–H groups in total. The largest absolute Gasteiger partial charge is 0.497 e. The predicted octanol–water partition coefficient (Wildman–Crippen LogP) is 5.92. The molecule has 5 rings (SSSR count). The van der Waals surface area contributed by atoms with Gasteiger partial charge < -0.3 is 19.9 Å². The van der Waals surface area contributed by atoms with Gasteiger partial charge in [0, 0.05) is 36.8 Å². The van der Waals surface area contributed by atoms with E-state index in [-0.39, 0.29) is 11.6 Å². The van der Waals surface area contributed by atoms with E-state index in [0.29, 0.717) is 12.5 Å². The number of benzene rings is 2. The van der Waals surface area contributed by atoms with Crippen LogP contribution < -0.4 is 14.8 Å². The van der Waals surface area contributed by atoms with Gasteiger partial charge in [-0.1, -0.05) is 12.1 Å². The molecule has 192 valence electrons. The highest BCUT2D eigenvalue weighted by Crippen LogP contribution is 2.39. The summed E-state index contributed by atoms with van der Waals surface area (Å²) in [6.45, 7) is 8.78. The first kappa shape index (κ1) is 25.0. The molecular weight excluding hydrogens is 472 g/mol. The number of hydrogen-bond acceptors (Lipinski definition) is 7. The van der Waals surface area contributed by atoms with Crippen LogP contribution in [0.3, 0.4) is 0 Å². The van der Waals surface area contributed by atoms with Crippen molar-refractivity contribution < 1.29 is 14.6 Å². The summed E-state index contributed by atoms with van der Waals surface area (Å²) in [5, 5.41) is 18.6. The van der Waals surface area contributed by atoms with Gasteiger partial charge in [0.1, 0.15) is 23.9 Å². The summed E-state index contributed by atoms with van der Waals surface area (Å²) in [5.74, 6) is 3.04. The van der Waals surface area contributed by atoms with Crippen molar-refractivity contribution in [3.8, 4) is 11.5 Å². The van der Waals surface area contributed by atoms with Gasteiger partial charge in [0.05, 0.1) is 29.3 Å². The Kier molecular flexibility index (Phi) is 7.19. The van der Waals surface area contributed by atoms with Gasteiger partial charge in [-0.3, -0.25) is 0 Å². The number of aromatic nitrogens is 2. The van der Waals surface area contributed by atoms with Crippen LogP contribution in [0.1, 0.15) is 57.2 Å². The highest BCUT2D eigenvalue weighted by molar-refractivity contribution is 7.97. The lowest BCUT2D eigenvalue weighted by molar-refractivity contribution is 0.181. The molecule has 2 aliphatic rings. The van der Waals surface area contributed by atoms with Crippen LogP contribution in [0, 0.1) is 0 Å². The van der Waals surface area contributed by atoms with Crippen molar-refractivity contribution >= 4 is 23.5 Å². The Morgan fingerprint density at radius 1 is 1.14 bits per heavy atom. The number of rotatable bonds is 6. The normalized spacial score (nSPS) is 20.5. The highest BCUT2D eigenvalue weighted by Gasteiger charge is 2.29. The Labute approximate surface area is 217 Å². The molecular formula is C28H36N4O3S. The van der Waals surface area contributed by atoms with Crippen molar-refractivity contribution in [1.29, 1.82) is 0 Å². The third-order valence-electron chi connectivity index (χ3n) is 6.75. The average molecular weight is 509 g/mol. The summed E-state index contributed by atoms with van der Waals surface area (Å²) in [6, 6.07) is 16.7. The minimum atomic E-state index is -0.213. The Balaban J connectivity index is 1.32. The van der Waals surface area contributed by atoms with Gasteiger partial charge in [0.2, 0.25) is 0 Å². The second-order valence-corrected chi connectivity index (χ2v) is 11.8. The summed E-state index contributed by atoms with van der Waals surface area (Å²) in [5.41, 5.74) is 3.10. The molecule has 0 amide bonds. The minimum absolute atomic E-state index is 0.169. The second-order valence-electron chi connectivity index (χ2n) is 10.6. The molecule has 2 heterocycles. The number of anilines is 2. The molecule has 1 fully saturated rings. The molecule has 8 heteroatoms. The van der Waals surface area contributed by atoms with E-state index in [1.54, 1.807) is 19.1 Å². The second kappa shape index (κ2) is 10.4. The van der Waals surface area contributed by atoms with E-state index in [1.807, 2.05) is 12.1 Å². The smallest absolute Gasteiger partial charge is 0.136 e. The maximum Gasteiger partial charge on any atom is 0.136 e. The zero-order chi connectivity index (χ0) is 25.3. The van der Waals surface area contributed by atoms with Crippen molar-refractivity contribution in [2.75, 3.05) is 25.6 Å². The molecule has 3 aromatic rings. The number of aliphatic hydroxyl groups excluding tert-OH is 1. The average Bonchev–Trinajstić information content (AvgIpc) is 3.41. The van der Waals surface area contributed by atoms with E-state index in [0.717, 1.165) is 65.9 Å². The van der Waals surface area contributed by atoms with E-state index >= 15 is 0 Å². The molecule has 2 atom stereocenters. The molecule has 7 nitrogen and oxygen atoms in total. The molecule has 36 heavy (non-hydrogen) atoms. The van der Waals surface area contributed by atoms with Crippen LogP contribution in [0.4, 0.5) is 11.5 Å². The van der Waals surface area contributed by atoms with Gasteiger partial charge in [-0.15, -0.1) is 0 Å². The third-order valence-corrected chi connectivity index (χ3v) is 7.85. The lowest BCUT2D eigenvalue weighted by atomic mass is 10.0. The van der Waals surface area contributed by atoms with E-state index < -0.39 is 0 Å². The Morgan fingerprint density at radius 3 is 2.64 bits per heavy atom. The van der Waals surface area contributed by atoms with Crippen molar-refractivity contribution in [3.63, 3.8) is 0 Å². The Morgan fingerprint density at radius 2 is 1.94 bits per heavy atom. The molecule has 0 spiro atoms. The number of aliphatic hydroxyl groups is 1. The minimum Gasteiger partial charge on any atom is -0.497 e. The van der Waals surface area contributed by atoms with Gasteiger partial charge in [-0.2, -0.15) is 5.10 Å². The van der Waals surface area contributed by atoms with Crippen molar-refractivity contribution in [3.05, 3.63) is 59.8 Å². The van der Waals surface area contributed by atoms with Gasteiger partial charge >= 0.3 is 0 Å². The molecule has 0 radical (unpaired) electrons. The molecule has 2 aromatic carbocycles. The standard InChI is InChI=1S/C28H36N4O3S/c1-28(2,3)32-27(17-24(30-32)20-7-9-22(33)15-20)29-21-8-12-26-25(16-21)35-14-13-31(36-26)18-19-5-10-23(34-4)11-6-19/h5-6,8,10-12,16-17,20,22,29,33H,7,9,13-15,18H2,1-4H3/t20-,22+/m0/s1. The van der Waals surface area contributed by atoms with Crippen LogP contribution in [0.15, 0.2) is 53.4 Å². The fraction of sp³-hybridized carbons (Fsp3) is 0.464. The summed E-state index contributed by atoms with van der Waals surface area (Å²) in [4.78, 5) is 1.11. The van der Waals surface area contributed by atoms with Crippen LogP contribution in [0.2, 0.25) is 0 Å². The molecule has 0 bridgehead atoms.